The minimum absolute atomic E-state index is 0.00375. The zero-order chi connectivity index (χ0) is 23.1. The molecule has 0 atom stereocenters. The maximum atomic E-state index is 13.1. The molecule has 3 rings (SSSR count). The molecule has 0 aliphatic carbocycles. The van der Waals surface area contributed by atoms with E-state index < -0.39 is 17.2 Å². The maximum Gasteiger partial charge on any atom is 0.332 e. The van der Waals surface area contributed by atoms with E-state index in [0.29, 0.717) is 44.5 Å². The number of fused-ring (bicyclic) bond motifs is 1. The predicted octanol–water partition coefficient (Wildman–Crippen LogP) is 1.68. The lowest BCUT2D eigenvalue weighted by Crippen LogP contribution is -2.44. The minimum Gasteiger partial charge on any atom is -0.466 e. The van der Waals surface area contributed by atoms with Gasteiger partial charge < -0.3 is 15.4 Å². The summed E-state index contributed by atoms with van der Waals surface area (Å²) in [5.41, 5.74) is -0.357. The van der Waals surface area contributed by atoms with Gasteiger partial charge in [0.05, 0.1) is 18.2 Å². The summed E-state index contributed by atoms with van der Waals surface area (Å²) in [4.78, 5) is 50.3. The Morgan fingerprint density at radius 3 is 2.66 bits per heavy atom. The first-order chi connectivity index (χ1) is 15.5. The molecule has 168 valence electrons. The van der Waals surface area contributed by atoms with Gasteiger partial charge in [-0.3, -0.25) is 23.5 Å². The molecule has 10 heteroatoms. The topological polar surface area (TPSA) is 135 Å². The number of hydrogen-bond acceptors (Lipinski definition) is 7. The number of rotatable bonds is 8. The van der Waals surface area contributed by atoms with Crippen molar-refractivity contribution in [2.75, 3.05) is 23.8 Å². The van der Waals surface area contributed by atoms with Crippen LogP contribution >= 0.6 is 0 Å². The fourth-order valence-corrected chi connectivity index (χ4v) is 3.50. The van der Waals surface area contributed by atoms with Gasteiger partial charge in [0, 0.05) is 31.6 Å². The van der Waals surface area contributed by atoms with Crippen LogP contribution in [0.4, 0.5) is 11.5 Å². The molecule has 0 saturated carbocycles. The maximum absolute atomic E-state index is 13.1. The fraction of sp³-hybridized carbons (Fsp3) is 0.409. The molecule has 0 saturated heterocycles. The lowest BCUT2D eigenvalue weighted by atomic mass is 10.1. The number of carbonyl (C=O) groups excluding carboxylic acids is 2. The van der Waals surface area contributed by atoms with E-state index in [1.54, 1.807) is 6.92 Å². The van der Waals surface area contributed by atoms with Crippen LogP contribution in [-0.4, -0.2) is 34.2 Å². The largest absolute Gasteiger partial charge is 0.466 e. The summed E-state index contributed by atoms with van der Waals surface area (Å²) in [6.45, 7) is 3.15. The van der Waals surface area contributed by atoms with Gasteiger partial charge in [-0.05, 0) is 50.5 Å². The van der Waals surface area contributed by atoms with Gasteiger partial charge in [-0.1, -0.05) is 0 Å². The second-order valence-electron chi connectivity index (χ2n) is 7.30. The van der Waals surface area contributed by atoms with Crippen LogP contribution in [0.3, 0.4) is 0 Å². The summed E-state index contributed by atoms with van der Waals surface area (Å²) in [6.07, 6.45) is 1.82. The normalized spacial score (nSPS) is 12.2. The van der Waals surface area contributed by atoms with Gasteiger partial charge in [-0.2, -0.15) is 5.26 Å². The highest BCUT2D eigenvalue weighted by Gasteiger charge is 2.23. The number of ether oxygens (including phenoxy) is 1. The Hall–Kier alpha value is -3.87. The Labute approximate surface area is 184 Å². The van der Waals surface area contributed by atoms with Crippen LogP contribution in [0.25, 0.3) is 0 Å². The van der Waals surface area contributed by atoms with Crippen LogP contribution < -0.4 is 21.9 Å². The van der Waals surface area contributed by atoms with Crippen molar-refractivity contribution in [2.24, 2.45) is 0 Å². The third kappa shape index (κ3) is 5.06. The molecule has 0 fully saturated rings. The number of nitrogens with zero attached hydrogens (tertiary/aromatic N) is 3. The molecule has 32 heavy (non-hydrogen) atoms. The zero-order valence-corrected chi connectivity index (χ0v) is 17.8. The highest BCUT2D eigenvalue weighted by molar-refractivity contribution is 6.05. The number of esters is 1. The average Bonchev–Trinajstić information content (AvgIpc) is 2.81. The molecule has 1 aliphatic rings. The summed E-state index contributed by atoms with van der Waals surface area (Å²) < 4.78 is 7.43. The fourth-order valence-electron chi connectivity index (χ4n) is 3.50. The molecule has 0 radical (unpaired) electrons. The van der Waals surface area contributed by atoms with E-state index in [4.69, 9.17) is 10.00 Å². The van der Waals surface area contributed by atoms with Gasteiger partial charge in [0.15, 0.2) is 0 Å². The highest BCUT2D eigenvalue weighted by Crippen LogP contribution is 2.20. The number of nitriles is 1. The molecule has 2 aromatic rings. The highest BCUT2D eigenvalue weighted by atomic mass is 16.5. The first-order valence-corrected chi connectivity index (χ1v) is 10.5. The van der Waals surface area contributed by atoms with Crippen LogP contribution in [-0.2, 0) is 22.6 Å². The number of anilines is 2. The second kappa shape index (κ2) is 10.4. The van der Waals surface area contributed by atoms with Crippen LogP contribution in [0, 0.1) is 11.3 Å². The van der Waals surface area contributed by atoms with Crippen LogP contribution in [0.1, 0.15) is 48.5 Å². The smallest absolute Gasteiger partial charge is 0.332 e. The van der Waals surface area contributed by atoms with Gasteiger partial charge in [0.25, 0.3) is 11.5 Å². The molecule has 2 heterocycles. The number of carbonyl (C=O) groups is 2. The van der Waals surface area contributed by atoms with E-state index in [0.717, 1.165) is 4.57 Å². The molecule has 10 nitrogen and oxygen atoms in total. The number of unbranched alkanes of at least 4 members (excludes halogenated alkanes) is 1. The number of amides is 1. The van der Waals surface area contributed by atoms with Crippen molar-refractivity contribution in [1.82, 2.24) is 9.13 Å². The first kappa shape index (κ1) is 22.8. The van der Waals surface area contributed by atoms with Gasteiger partial charge in [0.2, 0.25) is 0 Å². The number of hydrogen-bond donors (Lipinski definition) is 2. The van der Waals surface area contributed by atoms with Crippen LogP contribution in [0.15, 0.2) is 33.9 Å². The molecule has 1 amide bonds. The number of benzene rings is 1. The quantitative estimate of drug-likeness (QED) is 0.472. The predicted molar refractivity (Wildman–Crippen MR) is 118 cm³/mol. The van der Waals surface area contributed by atoms with Crippen LogP contribution in [0.5, 0.6) is 0 Å². The third-order valence-electron chi connectivity index (χ3n) is 5.11. The summed E-state index contributed by atoms with van der Waals surface area (Å²) in [6, 6.07) is 8.00. The monoisotopic (exact) mass is 439 g/mol. The van der Waals surface area contributed by atoms with Crippen molar-refractivity contribution in [2.45, 2.75) is 45.7 Å². The summed E-state index contributed by atoms with van der Waals surface area (Å²) >= 11 is 0. The minimum atomic E-state index is -0.603. The van der Waals surface area contributed by atoms with E-state index in [9.17, 15) is 19.2 Å². The lowest BCUT2D eigenvalue weighted by molar-refractivity contribution is -0.143. The molecule has 0 bridgehead atoms. The van der Waals surface area contributed by atoms with Crippen molar-refractivity contribution in [3.63, 3.8) is 0 Å². The zero-order valence-electron chi connectivity index (χ0n) is 17.8. The Morgan fingerprint density at radius 1 is 1.22 bits per heavy atom. The standard InChI is InChI=1S/C22H25N5O5/c1-2-32-17(28)6-3-4-12-27-21(30)18(19-24-11-5-13-26(19)22(27)31)25-20(29)16-9-7-15(14-23)8-10-16/h7-10,24H,2-6,11-13H2,1H3,(H,25,29). The van der Waals surface area contributed by atoms with Crippen LogP contribution in [0.2, 0.25) is 0 Å². The van der Waals surface area contributed by atoms with E-state index in [2.05, 4.69) is 10.6 Å². The SMILES string of the molecule is CCOC(=O)CCCCn1c(=O)c(NC(=O)c2ccc(C#N)cc2)c2n(c1=O)CCCN2. The number of nitrogens with one attached hydrogen (secondary N) is 2. The van der Waals surface area contributed by atoms with Crippen molar-refractivity contribution in [1.29, 1.82) is 5.26 Å². The van der Waals surface area contributed by atoms with Crippen molar-refractivity contribution in [3.05, 3.63) is 56.2 Å². The molecule has 2 N–H and O–H groups in total. The molecule has 1 aliphatic heterocycles. The second-order valence-corrected chi connectivity index (χ2v) is 7.30. The van der Waals surface area contributed by atoms with E-state index >= 15 is 0 Å². The summed E-state index contributed by atoms with van der Waals surface area (Å²) in [5, 5.41) is 14.6. The Morgan fingerprint density at radius 2 is 1.97 bits per heavy atom. The van der Waals surface area contributed by atoms with Gasteiger partial charge in [-0.15, -0.1) is 0 Å². The number of aromatic nitrogens is 2. The van der Waals surface area contributed by atoms with Gasteiger partial charge in [-0.25, -0.2) is 4.79 Å². The van der Waals surface area contributed by atoms with Crippen molar-refractivity contribution < 1.29 is 14.3 Å². The average molecular weight is 439 g/mol. The van der Waals surface area contributed by atoms with Crippen molar-refractivity contribution in [3.8, 4) is 6.07 Å². The van der Waals surface area contributed by atoms with Gasteiger partial charge >= 0.3 is 11.7 Å². The Bertz CT molecular complexity index is 1160. The molecule has 0 unspecified atom stereocenters. The van der Waals surface area contributed by atoms with E-state index in [1.807, 2.05) is 6.07 Å². The lowest BCUT2D eigenvalue weighted by Gasteiger charge is -2.24. The van der Waals surface area contributed by atoms with Crippen molar-refractivity contribution >= 4 is 23.4 Å². The Kier molecular flexibility index (Phi) is 7.44. The molecule has 0 spiro atoms. The molecule has 1 aromatic heterocycles. The molecule has 1 aromatic carbocycles. The summed E-state index contributed by atoms with van der Waals surface area (Å²) in [5.74, 6) is -0.549. The van der Waals surface area contributed by atoms with E-state index in [1.165, 1.54) is 28.8 Å². The summed E-state index contributed by atoms with van der Waals surface area (Å²) in [7, 11) is 0. The third-order valence-corrected chi connectivity index (χ3v) is 5.11. The van der Waals surface area contributed by atoms with E-state index in [-0.39, 0.29) is 36.0 Å². The molecular formula is C22H25N5O5. The Balaban J connectivity index is 1.86. The first-order valence-electron chi connectivity index (χ1n) is 10.5. The van der Waals surface area contributed by atoms with Gasteiger partial charge in [0.1, 0.15) is 11.5 Å². The molecular weight excluding hydrogens is 414 g/mol.